The van der Waals surface area contributed by atoms with Gasteiger partial charge in [-0.25, -0.2) is 9.97 Å². The maximum atomic E-state index is 13.0. The predicted molar refractivity (Wildman–Crippen MR) is 132 cm³/mol. The van der Waals surface area contributed by atoms with E-state index in [-0.39, 0.29) is 30.0 Å². The molecule has 3 aromatic rings. The first-order chi connectivity index (χ1) is 16.9. The lowest BCUT2D eigenvalue weighted by Gasteiger charge is -2.35. The zero-order valence-corrected chi connectivity index (χ0v) is 21.5. The summed E-state index contributed by atoms with van der Waals surface area (Å²) in [7, 11) is 0. The van der Waals surface area contributed by atoms with Crippen molar-refractivity contribution >= 4 is 22.4 Å². The highest BCUT2D eigenvalue weighted by Crippen LogP contribution is 2.36. The maximum absolute atomic E-state index is 13.0. The van der Waals surface area contributed by atoms with Gasteiger partial charge < -0.3 is 15.0 Å². The number of hydrogen-bond acceptors (Lipinski definition) is 7. The lowest BCUT2D eigenvalue weighted by molar-refractivity contribution is -0.141. The van der Waals surface area contributed by atoms with Crippen LogP contribution in [0.4, 0.5) is 18.3 Å². The molecule has 0 radical (unpaired) electrons. The number of aromatic nitrogens is 3. The van der Waals surface area contributed by atoms with Gasteiger partial charge in [0.2, 0.25) is 0 Å². The number of pyridine rings is 2. The zero-order valence-electron chi connectivity index (χ0n) is 20.7. The average molecular weight is 520 g/mol. The van der Waals surface area contributed by atoms with Crippen LogP contribution in [0.2, 0.25) is 0 Å². The van der Waals surface area contributed by atoms with Crippen LogP contribution in [-0.4, -0.2) is 46.2 Å². The van der Waals surface area contributed by atoms with Gasteiger partial charge in [0.05, 0.1) is 40.6 Å². The molecule has 1 saturated heterocycles. The molecule has 3 aromatic heterocycles. The maximum Gasteiger partial charge on any atom is 0.433 e. The van der Waals surface area contributed by atoms with E-state index in [1.54, 1.807) is 0 Å². The van der Waals surface area contributed by atoms with E-state index >= 15 is 0 Å². The van der Waals surface area contributed by atoms with E-state index in [1.807, 2.05) is 39.8 Å². The zero-order chi connectivity index (χ0) is 26.2. The summed E-state index contributed by atoms with van der Waals surface area (Å²) in [6.07, 6.45) is -4.45. The largest absolute Gasteiger partial charge is 0.433 e. The Balaban J connectivity index is 1.62. The number of halogens is 3. The molecule has 4 rings (SSSR count). The van der Waals surface area contributed by atoms with Crippen molar-refractivity contribution in [2.45, 2.75) is 59.5 Å². The Labute approximate surface area is 211 Å². The lowest BCUT2D eigenvalue weighted by Crippen LogP contribution is -2.45. The third kappa shape index (κ3) is 5.84. The smallest absolute Gasteiger partial charge is 0.372 e. The van der Waals surface area contributed by atoms with Crippen molar-refractivity contribution in [1.29, 1.82) is 0 Å². The minimum absolute atomic E-state index is 0.0122. The van der Waals surface area contributed by atoms with Crippen molar-refractivity contribution in [3.05, 3.63) is 58.3 Å². The van der Waals surface area contributed by atoms with Gasteiger partial charge in [0.1, 0.15) is 5.69 Å². The lowest BCUT2D eigenvalue weighted by atomic mass is 10.1. The van der Waals surface area contributed by atoms with Crippen LogP contribution in [0.15, 0.2) is 24.3 Å². The molecule has 1 amide bonds. The highest BCUT2D eigenvalue weighted by molar-refractivity contribution is 7.19. The van der Waals surface area contributed by atoms with Gasteiger partial charge in [0, 0.05) is 24.5 Å². The van der Waals surface area contributed by atoms with Gasteiger partial charge in [-0.05, 0) is 64.4 Å². The Bertz CT molecular complexity index is 1250. The van der Waals surface area contributed by atoms with E-state index in [1.165, 1.54) is 18.3 Å². The summed E-state index contributed by atoms with van der Waals surface area (Å²) in [6.45, 7) is 10.8. The molecular formula is C25H28F3N5O2S. The molecule has 0 spiro atoms. The summed E-state index contributed by atoms with van der Waals surface area (Å²) in [4.78, 5) is 28.8. The predicted octanol–water partition coefficient (Wildman–Crippen LogP) is 5.09. The van der Waals surface area contributed by atoms with Crippen LogP contribution in [-0.2, 0) is 17.5 Å². The third-order valence-corrected chi connectivity index (χ3v) is 6.96. The van der Waals surface area contributed by atoms with Crippen molar-refractivity contribution in [1.82, 2.24) is 20.3 Å². The molecule has 7 nitrogen and oxygen atoms in total. The van der Waals surface area contributed by atoms with Crippen LogP contribution in [0.1, 0.15) is 52.7 Å². The molecule has 1 aliphatic rings. The van der Waals surface area contributed by atoms with E-state index in [4.69, 9.17) is 9.72 Å². The molecule has 1 aliphatic heterocycles. The number of carbonyl (C=O) groups excluding carboxylic acids is 1. The Kier molecular flexibility index (Phi) is 7.33. The summed E-state index contributed by atoms with van der Waals surface area (Å²) < 4.78 is 44.7. The molecule has 2 atom stereocenters. The normalized spacial score (nSPS) is 18.4. The molecule has 0 bridgehead atoms. The van der Waals surface area contributed by atoms with Crippen LogP contribution in [0.3, 0.4) is 0 Å². The Morgan fingerprint density at radius 3 is 2.31 bits per heavy atom. The average Bonchev–Trinajstić information content (AvgIpc) is 3.20. The minimum atomic E-state index is -4.57. The second kappa shape index (κ2) is 10.1. The summed E-state index contributed by atoms with van der Waals surface area (Å²) in [5.74, 6) is -0.509. The molecule has 0 aliphatic carbocycles. The number of hydrogen-bond donors (Lipinski definition) is 1. The SMILES string of the molecule is Cc1cc(-c2sc(N3C[C@@H](C)O[C@@H](C)C3)nc2CNC(=O)c2ccc(C(F)(F)F)nc2C)cc(C)n1. The van der Waals surface area contributed by atoms with Gasteiger partial charge in [0.15, 0.2) is 5.13 Å². The minimum Gasteiger partial charge on any atom is -0.372 e. The Hall–Kier alpha value is -3.05. The highest BCUT2D eigenvalue weighted by Gasteiger charge is 2.33. The number of alkyl halides is 3. The van der Waals surface area contributed by atoms with Crippen molar-refractivity contribution < 1.29 is 22.7 Å². The molecule has 11 heteroatoms. The number of nitrogens with zero attached hydrogens (tertiary/aromatic N) is 4. The fourth-order valence-electron chi connectivity index (χ4n) is 4.34. The Morgan fingerprint density at radius 2 is 1.72 bits per heavy atom. The highest BCUT2D eigenvalue weighted by atomic mass is 32.1. The van der Waals surface area contributed by atoms with Crippen LogP contribution in [0.5, 0.6) is 0 Å². The number of morpholine rings is 1. The van der Waals surface area contributed by atoms with Crippen molar-refractivity contribution in [2.24, 2.45) is 0 Å². The molecule has 4 heterocycles. The van der Waals surface area contributed by atoms with Gasteiger partial charge in [-0.3, -0.25) is 9.78 Å². The number of aryl methyl sites for hydroxylation is 3. The van der Waals surface area contributed by atoms with E-state index in [2.05, 4.69) is 20.2 Å². The number of amides is 1. The van der Waals surface area contributed by atoms with Gasteiger partial charge in [-0.1, -0.05) is 11.3 Å². The number of anilines is 1. The van der Waals surface area contributed by atoms with Crippen LogP contribution in [0, 0.1) is 20.8 Å². The fraction of sp³-hybridized carbons (Fsp3) is 0.440. The molecular weight excluding hydrogens is 491 g/mol. The first-order valence-electron chi connectivity index (χ1n) is 11.6. The number of nitrogens with one attached hydrogen (secondary N) is 1. The van der Waals surface area contributed by atoms with Gasteiger partial charge in [-0.2, -0.15) is 13.2 Å². The quantitative estimate of drug-likeness (QED) is 0.506. The molecule has 0 aromatic carbocycles. The summed E-state index contributed by atoms with van der Waals surface area (Å²) in [6, 6.07) is 5.92. The van der Waals surface area contributed by atoms with Crippen molar-refractivity contribution in [3.8, 4) is 10.4 Å². The van der Waals surface area contributed by atoms with E-state index in [9.17, 15) is 18.0 Å². The fourth-order valence-corrected chi connectivity index (χ4v) is 5.43. The molecule has 36 heavy (non-hydrogen) atoms. The molecule has 0 saturated carbocycles. The Morgan fingerprint density at radius 1 is 1.08 bits per heavy atom. The van der Waals surface area contributed by atoms with Gasteiger partial charge >= 0.3 is 6.18 Å². The second-order valence-electron chi connectivity index (χ2n) is 9.08. The van der Waals surface area contributed by atoms with Gasteiger partial charge in [-0.15, -0.1) is 0 Å². The standard InChI is InChI=1S/C25H28F3N5O2S/c1-13-8-18(9-14(2)30-13)22-20(32-24(36-22)33-11-15(3)35-16(4)12-33)10-29-23(34)19-6-7-21(25(26,27)28)31-17(19)5/h6-9,15-16H,10-12H2,1-5H3,(H,29,34)/t15-,16+. The van der Waals surface area contributed by atoms with Crippen LogP contribution >= 0.6 is 11.3 Å². The number of thiazole rings is 1. The molecule has 1 fully saturated rings. The monoisotopic (exact) mass is 519 g/mol. The van der Waals surface area contributed by atoms with E-state index in [0.717, 1.165) is 39.1 Å². The molecule has 1 N–H and O–H groups in total. The topological polar surface area (TPSA) is 80.2 Å². The summed E-state index contributed by atoms with van der Waals surface area (Å²) >= 11 is 1.54. The first-order valence-corrected chi connectivity index (χ1v) is 12.4. The molecule has 192 valence electrons. The number of carbonyl (C=O) groups is 1. The number of rotatable bonds is 5. The number of ether oxygens (including phenoxy) is 1. The van der Waals surface area contributed by atoms with Crippen molar-refractivity contribution in [3.63, 3.8) is 0 Å². The van der Waals surface area contributed by atoms with Crippen LogP contribution in [0.25, 0.3) is 10.4 Å². The van der Waals surface area contributed by atoms with E-state index in [0.29, 0.717) is 18.8 Å². The van der Waals surface area contributed by atoms with E-state index < -0.39 is 17.8 Å². The van der Waals surface area contributed by atoms with Crippen molar-refractivity contribution in [2.75, 3.05) is 18.0 Å². The third-order valence-electron chi connectivity index (χ3n) is 5.76. The van der Waals surface area contributed by atoms with Crippen LogP contribution < -0.4 is 10.2 Å². The summed E-state index contributed by atoms with van der Waals surface area (Å²) in [5.41, 5.74) is 2.45. The summed E-state index contributed by atoms with van der Waals surface area (Å²) in [5, 5.41) is 3.64. The first kappa shape index (κ1) is 26.0. The second-order valence-corrected chi connectivity index (χ2v) is 10.1. The van der Waals surface area contributed by atoms with Gasteiger partial charge in [0.25, 0.3) is 5.91 Å². The molecule has 0 unspecified atom stereocenters.